The van der Waals surface area contributed by atoms with Gasteiger partial charge in [0.05, 0.1) is 5.56 Å². The molecule has 0 bridgehead atoms. The second kappa shape index (κ2) is 8.19. The molecule has 2 saturated heterocycles. The molecule has 2 aromatic rings. The summed E-state index contributed by atoms with van der Waals surface area (Å²) in [6.45, 7) is 2.46. The zero-order chi connectivity index (χ0) is 20.3. The maximum absolute atomic E-state index is 13.9. The van der Waals surface area contributed by atoms with Crippen LogP contribution in [0.3, 0.4) is 0 Å². The van der Waals surface area contributed by atoms with E-state index in [1.807, 2.05) is 47.4 Å². The first kappa shape index (κ1) is 19.4. The minimum absolute atomic E-state index is 0.0658. The molecule has 0 aromatic heterocycles. The molecule has 0 N–H and O–H groups in total. The van der Waals surface area contributed by atoms with Crippen LogP contribution in [0.25, 0.3) is 6.08 Å². The topological polar surface area (TPSA) is 40.6 Å². The van der Waals surface area contributed by atoms with E-state index in [2.05, 4.69) is 0 Å². The van der Waals surface area contributed by atoms with Gasteiger partial charge in [0.15, 0.2) is 0 Å². The van der Waals surface area contributed by atoms with E-state index in [9.17, 15) is 14.0 Å². The highest BCUT2D eigenvalue weighted by molar-refractivity contribution is 5.94. The number of carbonyl (C=O) groups excluding carboxylic acids is 2. The predicted octanol–water partition coefficient (Wildman–Crippen LogP) is 3.99. The number of amides is 2. The van der Waals surface area contributed by atoms with Gasteiger partial charge in [0, 0.05) is 38.0 Å². The molecule has 0 aliphatic carbocycles. The number of hydrogen-bond acceptors (Lipinski definition) is 2. The molecular weight excluding hydrogens is 367 g/mol. The molecular formula is C24H25FN2O2. The van der Waals surface area contributed by atoms with Crippen molar-refractivity contribution in [2.24, 2.45) is 5.41 Å². The fourth-order valence-electron chi connectivity index (χ4n) is 4.35. The summed E-state index contributed by atoms with van der Waals surface area (Å²) in [6, 6.07) is 16.1. The fourth-order valence-corrected chi connectivity index (χ4v) is 4.35. The Morgan fingerprint density at radius 2 is 1.72 bits per heavy atom. The third kappa shape index (κ3) is 4.24. The second-order valence-corrected chi connectivity index (χ2v) is 8.04. The van der Waals surface area contributed by atoms with Gasteiger partial charge in [-0.2, -0.15) is 0 Å². The number of rotatable bonds is 4. The number of carbonyl (C=O) groups is 2. The smallest absolute Gasteiger partial charge is 0.256 e. The zero-order valence-electron chi connectivity index (χ0n) is 16.4. The van der Waals surface area contributed by atoms with E-state index in [0.717, 1.165) is 24.9 Å². The molecule has 0 atom stereocenters. The fraction of sp³-hybridized carbons (Fsp3) is 0.333. The van der Waals surface area contributed by atoms with Gasteiger partial charge in [-0.05, 0) is 30.5 Å². The van der Waals surface area contributed by atoms with Crippen LogP contribution in [0, 0.1) is 11.2 Å². The Bertz CT molecular complexity index is 917. The van der Waals surface area contributed by atoms with E-state index in [0.29, 0.717) is 26.1 Å². The molecule has 150 valence electrons. The van der Waals surface area contributed by atoms with E-state index in [1.165, 1.54) is 12.1 Å². The summed E-state index contributed by atoms with van der Waals surface area (Å²) < 4.78 is 13.9. The van der Waals surface area contributed by atoms with Crippen molar-refractivity contribution in [2.45, 2.75) is 19.3 Å². The SMILES string of the molecule is O=C1CC2(CCN(C(=O)c3ccccc3F)CC2)CN1CC=Cc1ccccc1. The predicted molar refractivity (Wildman–Crippen MR) is 111 cm³/mol. The van der Waals surface area contributed by atoms with Crippen LogP contribution in [0.5, 0.6) is 0 Å². The van der Waals surface area contributed by atoms with Gasteiger partial charge in [0.25, 0.3) is 5.91 Å². The molecule has 2 aliphatic rings. The Kier molecular flexibility index (Phi) is 5.47. The van der Waals surface area contributed by atoms with Crippen molar-refractivity contribution in [1.29, 1.82) is 0 Å². The summed E-state index contributed by atoms with van der Waals surface area (Å²) in [5, 5.41) is 0. The van der Waals surface area contributed by atoms with E-state index >= 15 is 0 Å². The maximum atomic E-state index is 13.9. The number of hydrogen-bond donors (Lipinski definition) is 0. The molecule has 4 rings (SSSR count). The summed E-state index contributed by atoms with van der Waals surface area (Å²) in [5.74, 6) is -0.563. The molecule has 4 nitrogen and oxygen atoms in total. The molecule has 2 fully saturated rings. The van der Waals surface area contributed by atoms with Gasteiger partial charge in [-0.3, -0.25) is 9.59 Å². The van der Waals surface area contributed by atoms with Crippen molar-refractivity contribution in [2.75, 3.05) is 26.2 Å². The Hall–Kier alpha value is -2.95. The average Bonchev–Trinajstić information content (AvgIpc) is 3.04. The first-order valence-corrected chi connectivity index (χ1v) is 10.1. The normalized spacial score (nSPS) is 18.7. The van der Waals surface area contributed by atoms with Crippen LogP contribution >= 0.6 is 0 Å². The van der Waals surface area contributed by atoms with Crippen LogP contribution in [0.4, 0.5) is 4.39 Å². The third-order valence-corrected chi connectivity index (χ3v) is 6.06. The van der Waals surface area contributed by atoms with Crippen molar-refractivity contribution >= 4 is 17.9 Å². The Morgan fingerprint density at radius 3 is 2.45 bits per heavy atom. The third-order valence-electron chi connectivity index (χ3n) is 6.06. The number of piperidine rings is 1. The Morgan fingerprint density at radius 1 is 1.03 bits per heavy atom. The molecule has 29 heavy (non-hydrogen) atoms. The quantitative estimate of drug-likeness (QED) is 0.789. The highest BCUT2D eigenvalue weighted by Gasteiger charge is 2.45. The number of nitrogens with zero attached hydrogens (tertiary/aromatic N) is 2. The Labute approximate surface area is 170 Å². The highest BCUT2D eigenvalue weighted by atomic mass is 19.1. The first-order valence-electron chi connectivity index (χ1n) is 10.1. The van der Waals surface area contributed by atoms with Gasteiger partial charge < -0.3 is 9.80 Å². The van der Waals surface area contributed by atoms with Gasteiger partial charge in [-0.1, -0.05) is 54.6 Å². The average molecular weight is 392 g/mol. The number of likely N-dealkylation sites (tertiary alicyclic amines) is 2. The monoisotopic (exact) mass is 392 g/mol. The second-order valence-electron chi connectivity index (χ2n) is 8.04. The van der Waals surface area contributed by atoms with E-state index in [4.69, 9.17) is 0 Å². The van der Waals surface area contributed by atoms with Gasteiger partial charge in [-0.25, -0.2) is 4.39 Å². The lowest BCUT2D eigenvalue weighted by atomic mass is 9.77. The van der Waals surface area contributed by atoms with E-state index < -0.39 is 5.82 Å². The van der Waals surface area contributed by atoms with Crippen molar-refractivity contribution < 1.29 is 14.0 Å². The van der Waals surface area contributed by atoms with Crippen LogP contribution in [0.2, 0.25) is 0 Å². The summed E-state index contributed by atoms with van der Waals surface area (Å²) in [6.07, 6.45) is 6.15. The van der Waals surface area contributed by atoms with Crippen molar-refractivity contribution in [3.8, 4) is 0 Å². The zero-order valence-corrected chi connectivity index (χ0v) is 16.4. The van der Waals surface area contributed by atoms with Crippen LogP contribution in [0.1, 0.15) is 35.2 Å². The van der Waals surface area contributed by atoms with Crippen LogP contribution < -0.4 is 0 Å². The van der Waals surface area contributed by atoms with Crippen LogP contribution in [-0.2, 0) is 4.79 Å². The molecule has 0 saturated carbocycles. The molecule has 2 heterocycles. The number of halogens is 1. The minimum atomic E-state index is -0.481. The first-order chi connectivity index (χ1) is 14.1. The summed E-state index contributed by atoms with van der Waals surface area (Å²) >= 11 is 0. The van der Waals surface area contributed by atoms with Crippen molar-refractivity contribution in [3.63, 3.8) is 0 Å². The lowest BCUT2D eigenvalue weighted by Gasteiger charge is -2.38. The lowest BCUT2D eigenvalue weighted by Crippen LogP contribution is -2.44. The standard InChI is InChI=1S/C24H25FN2O2/c25-21-11-5-4-10-20(21)23(29)26-15-12-24(13-16-26)17-22(28)27(18-24)14-6-9-19-7-2-1-3-8-19/h1-11H,12-18H2. The molecule has 2 amide bonds. The summed E-state index contributed by atoms with van der Waals surface area (Å²) in [7, 11) is 0. The van der Waals surface area contributed by atoms with Crippen LogP contribution in [0.15, 0.2) is 60.7 Å². The van der Waals surface area contributed by atoms with Gasteiger partial charge in [-0.15, -0.1) is 0 Å². The van der Waals surface area contributed by atoms with Gasteiger partial charge in [0.1, 0.15) is 5.82 Å². The summed E-state index contributed by atoms with van der Waals surface area (Å²) in [5.41, 5.74) is 1.18. The molecule has 5 heteroatoms. The van der Waals surface area contributed by atoms with Crippen molar-refractivity contribution in [3.05, 3.63) is 77.6 Å². The maximum Gasteiger partial charge on any atom is 0.256 e. The molecule has 2 aromatic carbocycles. The van der Waals surface area contributed by atoms with E-state index in [1.54, 1.807) is 17.0 Å². The molecule has 0 radical (unpaired) electrons. The van der Waals surface area contributed by atoms with Gasteiger partial charge >= 0.3 is 0 Å². The highest BCUT2D eigenvalue weighted by Crippen LogP contribution is 2.41. The largest absolute Gasteiger partial charge is 0.339 e. The summed E-state index contributed by atoms with van der Waals surface area (Å²) in [4.78, 5) is 28.8. The lowest BCUT2D eigenvalue weighted by molar-refractivity contribution is -0.127. The van der Waals surface area contributed by atoms with Crippen molar-refractivity contribution in [1.82, 2.24) is 9.80 Å². The molecule has 1 spiro atoms. The van der Waals surface area contributed by atoms with Crippen LogP contribution in [-0.4, -0.2) is 47.8 Å². The Balaban J connectivity index is 1.34. The number of benzene rings is 2. The van der Waals surface area contributed by atoms with Gasteiger partial charge in [0.2, 0.25) is 5.91 Å². The molecule has 0 unspecified atom stereocenters. The van der Waals surface area contributed by atoms with E-state index in [-0.39, 0.29) is 22.8 Å². The minimum Gasteiger partial charge on any atom is -0.339 e. The molecule has 2 aliphatic heterocycles.